The van der Waals surface area contributed by atoms with Gasteiger partial charge in [-0.25, -0.2) is 12.7 Å². The second-order valence-electron chi connectivity index (χ2n) is 6.13. The van der Waals surface area contributed by atoms with Crippen molar-refractivity contribution in [2.45, 2.75) is 37.8 Å². The summed E-state index contributed by atoms with van der Waals surface area (Å²) in [6, 6.07) is 15.8. The number of hydrogen-bond acceptors (Lipinski definition) is 3. The molecule has 1 N–H and O–H groups in total. The molecule has 0 spiro atoms. The van der Waals surface area contributed by atoms with Gasteiger partial charge in [0, 0.05) is 26.7 Å². The van der Waals surface area contributed by atoms with Crippen LogP contribution in [0.2, 0.25) is 0 Å². The maximum atomic E-state index is 12.1. The summed E-state index contributed by atoms with van der Waals surface area (Å²) in [5, 5.41) is 3.47. The quantitative estimate of drug-likeness (QED) is 0.836. The Hall–Kier alpha value is -1.69. The lowest BCUT2D eigenvalue weighted by molar-refractivity contribution is 0.520. The number of sulfonamides is 1. The summed E-state index contributed by atoms with van der Waals surface area (Å²) >= 11 is 0. The smallest absolute Gasteiger partial charge is 0.242 e. The van der Waals surface area contributed by atoms with Crippen molar-refractivity contribution in [3.63, 3.8) is 0 Å². The van der Waals surface area contributed by atoms with Gasteiger partial charge in [-0.05, 0) is 42.2 Å². The van der Waals surface area contributed by atoms with Crippen molar-refractivity contribution in [2.75, 3.05) is 14.1 Å². The Morgan fingerprint density at radius 2 is 1.50 bits per heavy atom. The lowest BCUT2D eigenvalue weighted by Crippen LogP contribution is -2.22. The zero-order valence-electron chi connectivity index (χ0n) is 14.8. The standard InChI is InChI=1S/C19H26N2O2S/c1-5-16-6-8-17(9-7-16)14-20-15(2)18-10-12-19(13-11-18)24(22,23)21(3)4/h6-13,15,20H,5,14H2,1-4H3. The summed E-state index contributed by atoms with van der Waals surface area (Å²) in [7, 11) is -0.291. The predicted octanol–water partition coefficient (Wildman–Crippen LogP) is 3.35. The summed E-state index contributed by atoms with van der Waals surface area (Å²) < 4.78 is 25.4. The van der Waals surface area contributed by atoms with Crippen LogP contribution in [-0.2, 0) is 23.0 Å². The lowest BCUT2D eigenvalue weighted by atomic mass is 10.1. The van der Waals surface area contributed by atoms with Crippen LogP contribution in [0.25, 0.3) is 0 Å². The molecule has 0 aliphatic rings. The molecule has 0 saturated heterocycles. The van der Waals surface area contributed by atoms with Crippen molar-refractivity contribution in [3.05, 3.63) is 65.2 Å². The summed E-state index contributed by atoms with van der Waals surface area (Å²) in [6.45, 7) is 5.01. The van der Waals surface area contributed by atoms with E-state index in [0.29, 0.717) is 4.90 Å². The average Bonchev–Trinajstić information content (AvgIpc) is 2.60. The molecule has 2 rings (SSSR count). The minimum Gasteiger partial charge on any atom is -0.306 e. The molecule has 0 aliphatic heterocycles. The van der Waals surface area contributed by atoms with Gasteiger partial charge in [-0.2, -0.15) is 0 Å². The summed E-state index contributed by atoms with van der Waals surface area (Å²) in [5.74, 6) is 0. The first-order valence-electron chi connectivity index (χ1n) is 8.18. The number of hydrogen-bond donors (Lipinski definition) is 1. The molecule has 0 radical (unpaired) electrons. The summed E-state index contributed by atoms with van der Waals surface area (Å²) in [5.41, 5.74) is 3.65. The molecular formula is C19H26N2O2S. The highest BCUT2D eigenvalue weighted by Gasteiger charge is 2.17. The third-order valence-electron chi connectivity index (χ3n) is 4.20. The van der Waals surface area contributed by atoms with Gasteiger partial charge < -0.3 is 5.32 Å². The van der Waals surface area contributed by atoms with Crippen LogP contribution in [0.1, 0.15) is 36.6 Å². The van der Waals surface area contributed by atoms with Gasteiger partial charge >= 0.3 is 0 Å². The van der Waals surface area contributed by atoms with Crippen LogP contribution in [0.4, 0.5) is 0 Å². The maximum Gasteiger partial charge on any atom is 0.242 e. The van der Waals surface area contributed by atoms with E-state index in [9.17, 15) is 8.42 Å². The van der Waals surface area contributed by atoms with E-state index < -0.39 is 10.0 Å². The fourth-order valence-electron chi connectivity index (χ4n) is 2.42. The van der Waals surface area contributed by atoms with E-state index in [0.717, 1.165) is 18.5 Å². The van der Waals surface area contributed by atoms with E-state index in [-0.39, 0.29) is 6.04 Å². The number of aryl methyl sites for hydroxylation is 1. The van der Waals surface area contributed by atoms with Crippen molar-refractivity contribution >= 4 is 10.0 Å². The molecule has 24 heavy (non-hydrogen) atoms. The van der Waals surface area contributed by atoms with Crippen LogP contribution in [0, 0.1) is 0 Å². The van der Waals surface area contributed by atoms with Crippen LogP contribution in [0.15, 0.2) is 53.4 Å². The lowest BCUT2D eigenvalue weighted by Gasteiger charge is -2.16. The normalized spacial score (nSPS) is 13.2. The fourth-order valence-corrected chi connectivity index (χ4v) is 3.32. The first kappa shape index (κ1) is 18.6. The topological polar surface area (TPSA) is 49.4 Å². The van der Waals surface area contributed by atoms with Crippen molar-refractivity contribution in [2.24, 2.45) is 0 Å². The van der Waals surface area contributed by atoms with Gasteiger partial charge in [-0.15, -0.1) is 0 Å². The zero-order valence-corrected chi connectivity index (χ0v) is 15.6. The molecule has 0 bridgehead atoms. The van der Waals surface area contributed by atoms with Crippen LogP contribution in [0.3, 0.4) is 0 Å². The van der Waals surface area contributed by atoms with Crippen molar-refractivity contribution in [1.82, 2.24) is 9.62 Å². The number of nitrogens with one attached hydrogen (secondary N) is 1. The highest BCUT2D eigenvalue weighted by Crippen LogP contribution is 2.18. The van der Waals surface area contributed by atoms with E-state index in [2.05, 4.69) is 43.4 Å². The molecule has 2 aromatic rings. The van der Waals surface area contributed by atoms with Crippen LogP contribution in [0.5, 0.6) is 0 Å². The number of benzene rings is 2. The van der Waals surface area contributed by atoms with Crippen LogP contribution < -0.4 is 5.32 Å². The Kier molecular flexibility index (Phi) is 6.15. The van der Waals surface area contributed by atoms with Crippen molar-refractivity contribution in [1.29, 1.82) is 0 Å². The first-order chi connectivity index (χ1) is 11.3. The molecule has 0 fully saturated rings. The van der Waals surface area contributed by atoms with E-state index in [1.165, 1.54) is 29.5 Å². The highest BCUT2D eigenvalue weighted by molar-refractivity contribution is 7.89. The monoisotopic (exact) mass is 346 g/mol. The Bertz CT molecular complexity index is 751. The van der Waals surface area contributed by atoms with E-state index in [4.69, 9.17) is 0 Å². The molecule has 0 saturated carbocycles. The van der Waals surface area contributed by atoms with Crippen molar-refractivity contribution < 1.29 is 8.42 Å². The van der Waals surface area contributed by atoms with Crippen LogP contribution >= 0.6 is 0 Å². The van der Waals surface area contributed by atoms with Gasteiger partial charge in [0.15, 0.2) is 0 Å². The third kappa shape index (κ3) is 4.44. The van der Waals surface area contributed by atoms with Gasteiger partial charge in [-0.1, -0.05) is 43.3 Å². The Morgan fingerprint density at radius 3 is 2.00 bits per heavy atom. The second kappa shape index (κ2) is 7.92. The van der Waals surface area contributed by atoms with E-state index >= 15 is 0 Å². The van der Waals surface area contributed by atoms with Gasteiger partial charge in [0.2, 0.25) is 10.0 Å². The minimum absolute atomic E-state index is 0.145. The summed E-state index contributed by atoms with van der Waals surface area (Å²) in [4.78, 5) is 0.318. The molecule has 1 atom stereocenters. The first-order valence-corrected chi connectivity index (χ1v) is 9.62. The molecule has 0 aliphatic carbocycles. The Balaban J connectivity index is 2.00. The average molecular weight is 346 g/mol. The molecule has 1 unspecified atom stereocenters. The molecule has 0 aromatic heterocycles. The Labute approximate surface area is 145 Å². The van der Waals surface area contributed by atoms with Crippen molar-refractivity contribution in [3.8, 4) is 0 Å². The van der Waals surface area contributed by atoms with Gasteiger partial charge in [0.25, 0.3) is 0 Å². The Morgan fingerprint density at radius 1 is 0.958 bits per heavy atom. The SMILES string of the molecule is CCc1ccc(CNC(C)c2ccc(S(=O)(=O)N(C)C)cc2)cc1. The molecular weight excluding hydrogens is 320 g/mol. The van der Waals surface area contributed by atoms with E-state index in [1.807, 2.05) is 12.1 Å². The minimum atomic E-state index is -3.37. The van der Waals surface area contributed by atoms with Gasteiger partial charge in [-0.3, -0.25) is 0 Å². The van der Waals surface area contributed by atoms with Crippen LogP contribution in [-0.4, -0.2) is 26.8 Å². The van der Waals surface area contributed by atoms with E-state index in [1.54, 1.807) is 12.1 Å². The fraction of sp³-hybridized carbons (Fsp3) is 0.368. The molecule has 4 nitrogen and oxygen atoms in total. The largest absolute Gasteiger partial charge is 0.306 e. The third-order valence-corrected chi connectivity index (χ3v) is 6.03. The number of nitrogens with zero attached hydrogens (tertiary/aromatic N) is 1. The molecule has 2 aromatic carbocycles. The highest BCUT2D eigenvalue weighted by atomic mass is 32.2. The van der Waals surface area contributed by atoms with Gasteiger partial charge in [0.05, 0.1) is 4.90 Å². The van der Waals surface area contributed by atoms with Gasteiger partial charge in [0.1, 0.15) is 0 Å². The second-order valence-corrected chi connectivity index (χ2v) is 8.28. The summed E-state index contributed by atoms with van der Waals surface area (Å²) in [6.07, 6.45) is 1.05. The zero-order chi connectivity index (χ0) is 17.7. The predicted molar refractivity (Wildman–Crippen MR) is 98.4 cm³/mol. The molecule has 130 valence electrons. The number of rotatable bonds is 7. The maximum absolute atomic E-state index is 12.1. The molecule has 0 heterocycles. The molecule has 5 heteroatoms. The molecule has 0 amide bonds.